The van der Waals surface area contributed by atoms with E-state index in [1.165, 1.54) is 30.0 Å². The number of nitrogens with zero attached hydrogens (tertiary/aromatic N) is 2. The SMILES string of the molecule is Cc1ccc(Sc2ccc([N+](=O)[O-])cc2C=C(C#N)C(=O)c2ccccc2)cc1. The highest BCUT2D eigenvalue weighted by atomic mass is 32.2. The van der Waals surface area contributed by atoms with Gasteiger partial charge in [-0.2, -0.15) is 5.26 Å². The summed E-state index contributed by atoms with van der Waals surface area (Å²) in [5.74, 6) is -0.425. The number of Topliss-reactive ketones (excluding diaryl/α,β-unsaturated/α-hetero) is 1. The van der Waals surface area contributed by atoms with E-state index in [1.54, 1.807) is 36.4 Å². The topological polar surface area (TPSA) is 84.0 Å². The largest absolute Gasteiger partial charge is 0.288 e. The van der Waals surface area contributed by atoms with Crippen LogP contribution in [0.2, 0.25) is 0 Å². The van der Waals surface area contributed by atoms with E-state index in [4.69, 9.17) is 0 Å². The lowest BCUT2D eigenvalue weighted by Crippen LogP contribution is -2.02. The highest BCUT2D eigenvalue weighted by molar-refractivity contribution is 7.99. The Morgan fingerprint density at radius 2 is 1.76 bits per heavy atom. The van der Waals surface area contributed by atoms with Gasteiger partial charge in [0.1, 0.15) is 11.6 Å². The Labute approximate surface area is 172 Å². The molecule has 5 nitrogen and oxygen atoms in total. The third-order valence-electron chi connectivity index (χ3n) is 4.15. The minimum atomic E-state index is -0.497. The molecule has 0 aliphatic rings. The number of hydrogen-bond donors (Lipinski definition) is 0. The van der Waals surface area contributed by atoms with Crippen LogP contribution < -0.4 is 0 Å². The maximum absolute atomic E-state index is 12.7. The first-order valence-electron chi connectivity index (χ1n) is 8.72. The predicted molar refractivity (Wildman–Crippen MR) is 113 cm³/mol. The maximum Gasteiger partial charge on any atom is 0.270 e. The van der Waals surface area contributed by atoms with Crippen molar-refractivity contribution in [3.63, 3.8) is 0 Å². The average molecular weight is 400 g/mol. The number of nitriles is 1. The van der Waals surface area contributed by atoms with Crippen molar-refractivity contribution in [1.29, 1.82) is 5.26 Å². The van der Waals surface area contributed by atoms with Crippen molar-refractivity contribution >= 4 is 29.3 Å². The Balaban J connectivity index is 2.04. The molecule has 0 aromatic heterocycles. The number of rotatable bonds is 6. The summed E-state index contributed by atoms with van der Waals surface area (Å²) >= 11 is 1.42. The molecule has 6 heteroatoms. The molecule has 0 spiro atoms. The van der Waals surface area contributed by atoms with Crippen LogP contribution in [0.25, 0.3) is 6.08 Å². The van der Waals surface area contributed by atoms with Crippen molar-refractivity contribution in [2.24, 2.45) is 0 Å². The van der Waals surface area contributed by atoms with Crippen molar-refractivity contribution < 1.29 is 9.72 Å². The van der Waals surface area contributed by atoms with E-state index < -0.39 is 10.7 Å². The molecule has 0 amide bonds. The van der Waals surface area contributed by atoms with Crippen molar-refractivity contribution in [3.8, 4) is 6.07 Å². The number of benzene rings is 3. The molecular formula is C23H16N2O3S. The van der Waals surface area contributed by atoms with Crippen molar-refractivity contribution in [3.05, 3.63) is 105 Å². The van der Waals surface area contributed by atoms with Gasteiger partial charge in [-0.05, 0) is 36.8 Å². The fraction of sp³-hybridized carbons (Fsp3) is 0.0435. The lowest BCUT2D eigenvalue weighted by Gasteiger charge is -2.07. The fourth-order valence-electron chi connectivity index (χ4n) is 2.64. The molecule has 0 radical (unpaired) electrons. The molecule has 0 fully saturated rings. The summed E-state index contributed by atoms with van der Waals surface area (Å²) in [6.45, 7) is 1.99. The van der Waals surface area contributed by atoms with E-state index >= 15 is 0 Å². The van der Waals surface area contributed by atoms with Gasteiger partial charge in [-0.3, -0.25) is 14.9 Å². The van der Waals surface area contributed by atoms with Crippen LogP contribution in [0, 0.1) is 28.4 Å². The van der Waals surface area contributed by atoms with Gasteiger partial charge < -0.3 is 0 Å². The molecule has 3 aromatic rings. The van der Waals surface area contributed by atoms with Gasteiger partial charge in [-0.25, -0.2) is 0 Å². The van der Waals surface area contributed by atoms with Gasteiger partial charge in [-0.1, -0.05) is 59.8 Å². The van der Waals surface area contributed by atoms with Crippen LogP contribution in [0.4, 0.5) is 5.69 Å². The van der Waals surface area contributed by atoms with Crippen LogP contribution in [0.15, 0.2) is 88.2 Å². The van der Waals surface area contributed by atoms with Gasteiger partial charge in [0, 0.05) is 27.5 Å². The number of ketones is 1. The summed E-state index contributed by atoms with van der Waals surface area (Å²) < 4.78 is 0. The molecule has 0 N–H and O–H groups in total. The standard InChI is InChI=1S/C23H16N2O3S/c1-16-7-10-21(11-8-16)29-22-12-9-20(25(27)28)14-18(22)13-19(15-24)23(26)17-5-3-2-4-6-17/h2-14H,1H3. The Hall–Kier alpha value is -3.69. The summed E-state index contributed by atoms with van der Waals surface area (Å²) in [5, 5.41) is 20.7. The van der Waals surface area contributed by atoms with Gasteiger partial charge in [0.25, 0.3) is 5.69 Å². The molecule has 0 aliphatic carbocycles. The van der Waals surface area contributed by atoms with Crippen LogP contribution in [0.5, 0.6) is 0 Å². The molecule has 0 aliphatic heterocycles. The molecule has 3 rings (SSSR count). The van der Waals surface area contributed by atoms with Crippen LogP contribution in [0.3, 0.4) is 0 Å². The maximum atomic E-state index is 12.7. The van der Waals surface area contributed by atoms with E-state index in [0.717, 1.165) is 10.5 Å². The molecule has 0 atom stereocenters. The Kier molecular flexibility index (Phi) is 6.22. The van der Waals surface area contributed by atoms with Gasteiger partial charge >= 0.3 is 0 Å². The van der Waals surface area contributed by atoms with Crippen molar-refractivity contribution in [1.82, 2.24) is 0 Å². The third-order valence-corrected chi connectivity index (χ3v) is 5.25. The zero-order chi connectivity index (χ0) is 20.8. The van der Waals surface area contributed by atoms with Gasteiger partial charge in [0.15, 0.2) is 0 Å². The van der Waals surface area contributed by atoms with E-state index in [1.807, 2.05) is 37.3 Å². The Morgan fingerprint density at radius 1 is 1.07 bits per heavy atom. The first-order chi connectivity index (χ1) is 14.0. The minimum absolute atomic E-state index is 0.0811. The van der Waals surface area contributed by atoms with Crippen LogP contribution in [-0.4, -0.2) is 10.7 Å². The van der Waals surface area contributed by atoms with E-state index in [0.29, 0.717) is 16.0 Å². The second kappa shape index (κ2) is 9.00. The lowest BCUT2D eigenvalue weighted by atomic mass is 10.0. The lowest BCUT2D eigenvalue weighted by molar-refractivity contribution is -0.384. The number of non-ortho nitro benzene ring substituents is 1. The number of aryl methyl sites for hydroxylation is 1. The number of carbonyl (C=O) groups is 1. The molecule has 0 unspecified atom stereocenters. The highest BCUT2D eigenvalue weighted by Gasteiger charge is 2.15. The third kappa shape index (κ3) is 4.98. The first-order valence-corrected chi connectivity index (χ1v) is 9.54. The molecule has 0 heterocycles. The number of allylic oxidation sites excluding steroid dienone is 1. The van der Waals surface area contributed by atoms with E-state index in [-0.39, 0.29) is 11.3 Å². The molecule has 29 heavy (non-hydrogen) atoms. The van der Waals surface area contributed by atoms with Crippen LogP contribution >= 0.6 is 11.8 Å². The zero-order valence-electron chi connectivity index (χ0n) is 15.5. The predicted octanol–water partition coefficient (Wildman–Crippen LogP) is 5.84. The molecule has 0 bridgehead atoms. The smallest absolute Gasteiger partial charge is 0.270 e. The number of hydrogen-bond acceptors (Lipinski definition) is 5. The van der Waals surface area contributed by atoms with Gasteiger partial charge in [-0.15, -0.1) is 0 Å². The Bertz CT molecular complexity index is 1130. The molecule has 0 saturated carbocycles. The fourth-order valence-corrected chi connectivity index (χ4v) is 3.54. The monoisotopic (exact) mass is 400 g/mol. The van der Waals surface area contributed by atoms with Crippen molar-refractivity contribution in [2.45, 2.75) is 16.7 Å². The van der Waals surface area contributed by atoms with Gasteiger partial charge in [0.05, 0.1) is 4.92 Å². The summed E-state index contributed by atoms with van der Waals surface area (Å²) in [5.41, 5.74) is 1.78. The second-order valence-electron chi connectivity index (χ2n) is 6.26. The summed E-state index contributed by atoms with van der Waals surface area (Å²) in [4.78, 5) is 25.1. The summed E-state index contributed by atoms with van der Waals surface area (Å²) in [7, 11) is 0. The molecular weight excluding hydrogens is 384 g/mol. The number of nitro groups is 1. The highest BCUT2D eigenvalue weighted by Crippen LogP contribution is 2.34. The van der Waals surface area contributed by atoms with E-state index in [9.17, 15) is 20.2 Å². The van der Waals surface area contributed by atoms with Gasteiger partial charge in [0.2, 0.25) is 5.78 Å². The summed E-state index contributed by atoms with van der Waals surface area (Å²) in [6.07, 6.45) is 1.42. The first kappa shape index (κ1) is 20.1. The molecule has 0 saturated heterocycles. The zero-order valence-corrected chi connectivity index (χ0v) is 16.3. The summed E-state index contributed by atoms with van der Waals surface area (Å²) in [6, 6.07) is 22.7. The average Bonchev–Trinajstić information content (AvgIpc) is 2.74. The Morgan fingerprint density at radius 3 is 2.38 bits per heavy atom. The van der Waals surface area contributed by atoms with E-state index in [2.05, 4.69) is 0 Å². The van der Waals surface area contributed by atoms with Crippen molar-refractivity contribution in [2.75, 3.05) is 0 Å². The number of carbonyl (C=O) groups excluding carboxylic acids is 1. The minimum Gasteiger partial charge on any atom is -0.288 e. The number of nitro benzene ring substituents is 1. The molecule has 3 aromatic carbocycles. The second-order valence-corrected chi connectivity index (χ2v) is 7.37. The van der Waals surface area contributed by atoms with Crippen LogP contribution in [0.1, 0.15) is 21.5 Å². The molecule has 142 valence electrons. The normalized spacial score (nSPS) is 11.0. The quantitative estimate of drug-likeness (QED) is 0.170. The van der Waals surface area contributed by atoms with Crippen LogP contribution in [-0.2, 0) is 0 Å².